The summed E-state index contributed by atoms with van der Waals surface area (Å²) < 4.78 is 0. The second-order valence-electron chi connectivity index (χ2n) is 4.00. The van der Waals surface area contributed by atoms with E-state index in [4.69, 9.17) is 5.73 Å². The van der Waals surface area contributed by atoms with Gasteiger partial charge in [0.05, 0.1) is 6.42 Å². The Morgan fingerprint density at radius 2 is 2.18 bits per heavy atom. The third kappa shape index (κ3) is 3.94. The van der Waals surface area contributed by atoms with Crippen LogP contribution >= 0.6 is 0 Å². The molecule has 2 N–H and O–H groups in total. The van der Waals surface area contributed by atoms with Crippen molar-refractivity contribution in [1.29, 1.82) is 0 Å². The second kappa shape index (κ2) is 6.74. The van der Waals surface area contributed by atoms with E-state index in [2.05, 4.69) is 13.5 Å². The number of nitrogen functional groups attached to an aromatic ring is 1. The molecule has 17 heavy (non-hydrogen) atoms. The first-order chi connectivity index (χ1) is 8.19. The Kier molecular flexibility index (Phi) is 5.27. The Morgan fingerprint density at radius 3 is 2.76 bits per heavy atom. The van der Waals surface area contributed by atoms with Gasteiger partial charge in [0.1, 0.15) is 0 Å². The maximum atomic E-state index is 12.1. The van der Waals surface area contributed by atoms with Crippen LogP contribution < -0.4 is 5.73 Å². The fourth-order valence-corrected chi connectivity index (χ4v) is 1.71. The first kappa shape index (κ1) is 13.3. The number of carbonyl (C=O) groups excluding carboxylic acids is 1. The highest BCUT2D eigenvalue weighted by atomic mass is 16.2. The van der Waals surface area contributed by atoms with Gasteiger partial charge in [0.2, 0.25) is 5.91 Å². The summed E-state index contributed by atoms with van der Waals surface area (Å²) in [5.74, 6) is 0.102. The number of rotatable bonds is 6. The number of benzene rings is 1. The van der Waals surface area contributed by atoms with Gasteiger partial charge in [-0.3, -0.25) is 4.79 Å². The van der Waals surface area contributed by atoms with Crippen molar-refractivity contribution in [2.75, 3.05) is 18.8 Å². The molecular formula is C14H20N2O. The van der Waals surface area contributed by atoms with Gasteiger partial charge in [-0.1, -0.05) is 31.2 Å². The average molecular weight is 232 g/mol. The fraction of sp³-hybridized carbons (Fsp3) is 0.357. The summed E-state index contributed by atoms with van der Waals surface area (Å²) in [5.41, 5.74) is 7.39. The van der Waals surface area contributed by atoms with Gasteiger partial charge in [0.15, 0.2) is 0 Å². The Labute approximate surface area is 103 Å². The Bertz CT molecular complexity index is 388. The van der Waals surface area contributed by atoms with E-state index >= 15 is 0 Å². The molecule has 0 aliphatic rings. The van der Waals surface area contributed by atoms with Crippen molar-refractivity contribution >= 4 is 11.6 Å². The summed E-state index contributed by atoms with van der Waals surface area (Å²) in [6, 6.07) is 7.49. The number of amides is 1. The topological polar surface area (TPSA) is 46.3 Å². The van der Waals surface area contributed by atoms with E-state index in [0.29, 0.717) is 18.7 Å². The van der Waals surface area contributed by atoms with Crippen molar-refractivity contribution in [1.82, 2.24) is 4.90 Å². The van der Waals surface area contributed by atoms with Gasteiger partial charge in [0, 0.05) is 18.8 Å². The molecule has 0 heterocycles. The second-order valence-corrected chi connectivity index (χ2v) is 4.00. The molecule has 0 saturated carbocycles. The summed E-state index contributed by atoms with van der Waals surface area (Å²) in [6.07, 6.45) is 3.06. The van der Waals surface area contributed by atoms with Crippen LogP contribution in [-0.2, 0) is 11.2 Å². The Morgan fingerprint density at radius 1 is 1.47 bits per heavy atom. The van der Waals surface area contributed by atoms with E-state index in [1.54, 1.807) is 11.0 Å². The van der Waals surface area contributed by atoms with Crippen molar-refractivity contribution in [3.05, 3.63) is 42.5 Å². The van der Waals surface area contributed by atoms with Gasteiger partial charge < -0.3 is 10.6 Å². The summed E-state index contributed by atoms with van der Waals surface area (Å²) >= 11 is 0. The van der Waals surface area contributed by atoms with E-state index < -0.39 is 0 Å². The summed E-state index contributed by atoms with van der Waals surface area (Å²) in [5, 5.41) is 0. The lowest BCUT2D eigenvalue weighted by molar-refractivity contribution is -0.130. The summed E-state index contributed by atoms with van der Waals surface area (Å²) in [4.78, 5) is 13.9. The monoisotopic (exact) mass is 232 g/mol. The normalized spacial score (nSPS) is 9.94. The number of hydrogen-bond donors (Lipinski definition) is 1. The van der Waals surface area contributed by atoms with Gasteiger partial charge in [-0.05, 0) is 18.1 Å². The number of anilines is 1. The first-order valence-electron chi connectivity index (χ1n) is 5.91. The highest BCUT2D eigenvalue weighted by molar-refractivity contribution is 5.80. The molecule has 0 bridgehead atoms. The average Bonchev–Trinajstić information content (AvgIpc) is 2.32. The zero-order valence-corrected chi connectivity index (χ0v) is 10.4. The largest absolute Gasteiger partial charge is 0.398 e. The molecule has 1 amide bonds. The SMILES string of the molecule is C=CCN(CCC)C(=O)Cc1ccccc1N. The minimum atomic E-state index is 0.102. The molecule has 0 saturated heterocycles. The minimum Gasteiger partial charge on any atom is -0.398 e. The van der Waals surface area contributed by atoms with Gasteiger partial charge in [-0.2, -0.15) is 0 Å². The molecule has 1 aromatic carbocycles. The molecular weight excluding hydrogens is 212 g/mol. The van der Waals surface area contributed by atoms with Crippen LogP contribution in [0, 0.1) is 0 Å². The zero-order chi connectivity index (χ0) is 12.7. The molecule has 0 atom stereocenters. The van der Waals surface area contributed by atoms with Crippen molar-refractivity contribution in [3.63, 3.8) is 0 Å². The highest BCUT2D eigenvalue weighted by Gasteiger charge is 2.12. The van der Waals surface area contributed by atoms with Crippen LogP contribution in [0.2, 0.25) is 0 Å². The smallest absolute Gasteiger partial charge is 0.227 e. The molecule has 0 unspecified atom stereocenters. The zero-order valence-electron chi connectivity index (χ0n) is 10.4. The molecule has 0 radical (unpaired) electrons. The van der Waals surface area contributed by atoms with E-state index in [1.165, 1.54) is 0 Å². The van der Waals surface area contributed by atoms with Gasteiger partial charge in [0.25, 0.3) is 0 Å². The number of carbonyl (C=O) groups is 1. The summed E-state index contributed by atoms with van der Waals surface area (Å²) in [6.45, 7) is 7.09. The number of nitrogens with two attached hydrogens (primary N) is 1. The number of para-hydroxylation sites is 1. The Hall–Kier alpha value is -1.77. The third-order valence-corrected chi connectivity index (χ3v) is 2.59. The highest BCUT2D eigenvalue weighted by Crippen LogP contribution is 2.12. The lowest BCUT2D eigenvalue weighted by Gasteiger charge is -2.20. The van der Waals surface area contributed by atoms with Gasteiger partial charge in [-0.15, -0.1) is 6.58 Å². The molecule has 0 fully saturated rings. The van der Waals surface area contributed by atoms with E-state index in [-0.39, 0.29) is 5.91 Å². The van der Waals surface area contributed by atoms with Crippen LogP contribution in [0.4, 0.5) is 5.69 Å². The molecule has 1 rings (SSSR count). The molecule has 92 valence electrons. The predicted molar refractivity (Wildman–Crippen MR) is 71.6 cm³/mol. The molecule has 0 aliphatic carbocycles. The van der Waals surface area contributed by atoms with E-state index in [9.17, 15) is 4.79 Å². The molecule has 0 aliphatic heterocycles. The predicted octanol–water partition coefficient (Wildman–Crippen LogP) is 2.24. The van der Waals surface area contributed by atoms with Crippen LogP contribution in [0.3, 0.4) is 0 Å². The third-order valence-electron chi connectivity index (χ3n) is 2.59. The molecule has 1 aromatic rings. The molecule has 0 aromatic heterocycles. The molecule has 3 heteroatoms. The van der Waals surface area contributed by atoms with Crippen molar-refractivity contribution in [2.45, 2.75) is 19.8 Å². The maximum Gasteiger partial charge on any atom is 0.227 e. The van der Waals surface area contributed by atoms with Crippen molar-refractivity contribution < 1.29 is 4.79 Å². The van der Waals surface area contributed by atoms with Crippen LogP contribution in [-0.4, -0.2) is 23.9 Å². The van der Waals surface area contributed by atoms with Crippen molar-refractivity contribution in [2.24, 2.45) is 0 Å². The lowest BCUT2D eigenvalue weighted by atomic mass is 10.1. The molecule has 0 spiro atoms. The lowest BCUT2D eigenvalue weighted by Crippen LogP contribution is -2.33. The maximum absolute atomic E-state index is 12.1. The van der Waals surface area contributed by atoms with Crippen LogP contribution in [0.15, 0.2) is 36.9 Å². The molecule has 3 nitrogen and oxygen atoms in total. The quantitative estimate of drug-likeness (QED) is 0.604. The number of hydrogen-bond acceptors (Lipinski definition) is 2. The van der Waals surface area contributed by atoms with Gasteiger partial charge in [-0.25, -0.2) is 0 Å². The summed E-state index contributed by atoms with van der Waals surface area (Å²) in [7, 11) is 0. The standard InChI is InChI=1S/C14H20N2O/c1-3-9-16(10-4-2)14(17)11-12-7-5-6-8-13(12)15/h3,5-8H,1,4,9-11,15H2,2H3. The van der Waals surface area contributed by atoms with Crippen LogP contribution in [0.1, 0.15) is 18.9 Å². The van der Waals surface area contributed by atoms with Crippen LogP contribution in [0.5, 0.6) is 0 Å². The van der Waals surface area contributed by atoms with E-state index in [1.807, 2.05) is 24.3 Å². The Balaban J connectivity index is 2.69. The number of nitrogens with zero attached hydrogens (tertiary/aromatic N) is 1. The fourth-order valence-electron chi connectivity index (χ4n) is 1.71. The minimum absolute atomic E-state index is 0.102. The van der Waals surface area contributed by atoms with Gasteiger partial charge >= 0.3 is 0 Å². The van der Waals surface area contributed by atoms with Crippen LogP contribution in [0.25, 0.3) is 0 Å². The first-order valence-corrected chi connectivity index (χ1v) is 5.91. The van der Waals surface area contributed by atoms with E-state index in [0.717, 1.165) is 18.5 Å². The van der Waals surface area contributed by atoms with Crippen molar-refractivity contribution in [3.8, 4) is 0 Å².